The lowest BCUT2D eigenvalue weighted by molar-refractivity contribution is -0.158. The summed E-state index contributed by atoms with van der Waals surface area (Å²) in [5, 5.41) is 17.7. The van der Waals surface area contributed by atoms with Crippen molar-refractivity contribution in [3.63, 3.8) is 0 Å². The van der Waals surface area contributed by atoms with Crippen molar-refractivity contribution in [3.05, 3.63) is 0 Å². The van der Waals surface area contributed by atoms with E-state index in [1.165, 1.54) is 38.5 Å². The first-order valence-corrected chi connectivity index (χ1v) is 8.63. The minimum absolute atomic E-state index is 0.0313. The molecule has 0 aliphatic heterocycles. The maximum atomic E-state index is 10.8. The fourth-order valence-electron chi connectivity index (χ4n) is 3.91. The van der Waals surface area contributed by atoms with Gasteiger partial charge >= 0.3 is 11.9 Å². The molecule has 2 aliphatic carbocycles. The van der Waals surface area contributed by atoms with Crippen molar-refractivity contribution in [2.24, 2.45) is 17.8 Å². The van der Waals surface area contributed by atoms with Gasteiger partial charge in [-0.15, -0.1) is 0 Å². The van der Waals surface area contributed by atoms with Crippen LogP contribution in [0.5, 0.6) is 0 Å². The summed E-state index contributed by atoms with van der Waals surface area (Å²) in [4.78, 5) is 21.7. The second-order valence-electron chi connectivity index (χ2n) is 6.94. The molecule has 5 heteroatoms. The molecule has 0 aromatic rings. The van der Waals surface area contributed by atoms with Crippen LogP contribution in [0.3, 0.4) is 0 Å². The number of carbonyl (C=O) groups is 2. The molecule has 0 amide bonds. The Bertz CT molecular complexity index is 353. The predicted molar refractivity (Wildman–Crippen MR) is 81.7 cm³/mol. The third-order valence-electron chi connectivity index (χ3n) is 5.28. The zero-order valence-electron chi connectivity index (χ0n) is 13.2. The number of aliphatic carboxylic acids is 2. The molecule has 0 bridgehead atoms. The fraction of sp³-hybridized carbons (Fsp3) is 0.882. The Balaban J connectivity index is 1.66. The second-order valence-corrected chi connectivity index (χ2v) is 6.94. The first kappa shape index (κ1) is 17.3. The van der Waals surface area contributed by atoms with Gasteiger partial charge in [-0.05, 0) is 43.9 Å². The van der Waals surface area contributed by atoms with Crippen molar-refractivity contribution in [3.8, 4) is 0 Å². The Morgan fingerprint density at radius 1 is 0.864 bits per heavy atom. The van der Waals surface area contributed by atoms with E-state index in [1.54, 1.807) is 0 Å². The van der Waals surface area contributed by atoms with Crippen molar-refractivity contribution < 1.29 is 24.5 Å². The quantitative estimate of drug-likeness (QED) is 0.705. The molecule has 22 heavy (non-hydrogen) atoms. The van der Waals surface area contributed by atoms with E-state index in [1.807, 2.05) is 0 Å². The first-order chi connectivity index (χ1) is 10.6. The highest BCUT2D eigenvalue weighted by Crippen LogP contribution is 2.35. The number of ether oxygens (including phenoxy) is 1. The molecule has 0 aromatic carbocycles. The van der Waals surface area contributed by atoms with Crippen LogP contribution in [0, 0.1) is 17.8 Å². The molecule has 2 N–H and O–H groups in total. The monoisotopic (exact) mass is 312 g/mol. The molecular formula is C17H28O5. The van der Waals surface area contributed by atoms with E-state index >= 15 is 0 Å². The largest absolute Gasteiger partial charge is 0.481 e. The smallest absolute Gasteiger partial charge is 0.320 e. The summed E-state index contributed by atoms with van der Waals surface area (Å²) in [5.41, 5.74) is 0. The molecule has 0 atom stereocenters. The van der Waals surface area contributed by atoms with Gasteiger partial charge < -0.3 is 14.9 Å². The third kappa shape index (κ3) is 5.27. The Labute approximate surface area is 132 Å². The Hall–Kier alpha value is -1.10. The van der Waals surface area contributed by atoms with Crippen LogP contribution >= 0.6 is 0 Å². The number of hydrogen-bond donors (Lipinski definition) is 2. The van der Waals surface area contributed by atoms with Crippen molar-refractivity contribution in [1.82, 2.24) is 0 Å². The van der Waals surface area contributed by atoms with Gasteiger partial charge in [0.1, 0.15) is 0 Å². The zero-order chi connectivity index (χ0) is 15.9. The lowest BCUT2D eigenvalue weighted by atomic mass is 9.77. The standard InChI is InChI=1S/C17H28O5/c18-16(19)15(17(20)21)11-22-14-8-6-13(7-9-14)10-12-4-2-1-3-5-12/h12-15H,1-11H2,(H,18,19)(H,20,21). The van der Waals surface area contributed by atoms with Crippen molar-refractivity contribution in [1.29, 1.82) is 0 Å². The third-order valence-corrected chi connectivity index (χ3v) is 5.28. The molecule has 0 spiro atoms. The summed E-state index contributed by atoms with van der Waals surface area (Å²) in [6, 6.07) is 0. The molecule has 0 heterocycles. The average molecular weight is 312 g/mol. The lowest BCUT2D eigenvalue weighted by Crippen LogP contribution is -2.32. The molecule has 0 radical (unpaired) electrons. The Morgan fingerprint density at radius 2 is 1.41 bits per heavy atom. The highest BCUT2D eigenvalue weighted by atomic mass is 16.5. The molecule has 2 rings (SSSR count). The van der Waals surface area contributed by atoms with Gasteiger partial charge in [0, 0.05) is 0 Å². The molecular weight excluding hydrogens is 284 g/mol. The van der Waals surface area contributed by atoms with Crippen LogP contribution in [0.4, 0.5) is 0 Å². The van der Waals surface area contributed by atoms with Crippen LogP contribution in [-0.4, -0.2) is 34.9 Å². The van der Waals surface area contributed by atoms with E-state index in [0.29, 0.717) is 0 Å². The van der Waals surface area contributed by atoms with E-state index in [0.717, 1.165) is 37.5 Å². The predicted octanol–water partition coefficient (Wildman–Crippen LogP) is 3.32. The maximum absolute atomic E-state index is 10.8. The molecule has 2 fully saturated rings. The van der Waals surface area contributed by atoms with E-state index in [-0.39, 0.29) is 12.7 Å². The lowest BCUT2D eigenvalue weighted by Gasteiger charge is -2.32. The normalized spacial score (nSPS) is 27.0. The molecule has 2 aliphatic rings. The average Bonchev–Trinajstić information content (AvgIpc) is 2.49. The van der Waals surface area contributed by atoms with Gasteiger partial charge in [0.05, 0.1) is 12.7 Å². The molecule has 5 nitrogen and oxygen atoms in total. The number of rotatable bonds is 7. The van der Waals surface area contributed by atoms with Crippen LogP contribution in [-0.2, 0) is 14.3 Å². The van der Waals surface area contributed by atoms with Crippen LogP contribution in [0.2, 0.25) is 0 Å². The number of hydrogen-bond acceptors (Lipinski definition) is 3. The number of carboxylic acids is 2. The van der Waals surface area contributed by atoms with Crippen molar-refractivity contribution in [2.45, 2.75) is 70.3 Å². The van der Waals surface area contributed by atoms with Gasteiger partial charge in [-0.3, -0.25) is 9.59 Å². The van der Waals surface area contributed by atoms with Gasteiger partial charge in [-0.1, -0.05) is 32.1 Å². The molecule has 0 unspecified atom stereocenters. The van der Waals surface area contributed by atoms with Gasteiger partial charge in [-0.25, -0.2) is 0 Å². The minimum Gasteiger partial charge on any atom is -0.481 e. The zero-order valence-corrected chi connectivity index (χ0v) is 13.2. The van der Waals surface area contributed by atoms with E-state index in [9.17, 15) is 9.59 Å². The summed E-state index contributed by atoms with van der Waals surface area (Å²) < 4.78 is 5.54. The van der Waals surface area contributed by atoms with E-state index in [4.69, 9.17) is 14.9 Å². The van der Waals surface area contributed by atoms with Crippen molar-refractivity contribution >= 4 is 11.9 Å². The summed E-state index contributed by atoms with van der Waals surface area (Å²) >= 11 is 0. The SMILES string of the molecule is O=C(O)C(COC1CCC(CC2CCCCC2)CC1)C(=O)O. The van der Waals surface area contributed by atoms with Gasteiger partial charge in [0.25, 0.3) is 0 Å². The molecule has 0 saturated heterocycles. The highest BCUT2D eigenvalue weighted by molar-refractivity contribution is 5.92. The van der Waals surface area contributed by atoms with E-state index in [2.05, 4.69) is 0 Å². The van der Waals surface area contributed by atoms with Crippen LogP contribution in [0.1, 0.15) is 64.2 Å². The summed E-state index contributed by atoms with van der Waals surface area (Å²) in [6.07, 6.45) is 12.4. The van der Waals surface area contributed by atoms with Gasteiger partial charge in [-0.2, -0.15) is 0 Å². The van der Waals surface area contributed by atoms with Crippen LogP contribution < -0.4 is 0 Å². The summed E-state index contributed by atoms with van der Waals surface area (Å²) in [5.74, 6) is -2.41. The van der Waals surface area contributed by atoms with E-state index < -0.39 is 17.9 Å². The highest BCUT2D eigenvalue weighted by Gasteiger charge is 2.29. The fourth-order valence-corrected chi connectivity index (χ4v) is 3.91. The van der Waals surface area contributed by atoms with Gasteiger partial charge in [0.15, 0.2) is 5.92 Å². The number of carboxylic acid groups (broad SMARTS) is 2. The van der Waals surface area contributed by atoms with Crippen LogP contribution in [0.25, 0.3) is 0 Å². The second kappa shape index (κ2) is 8.51. The molecule has 0 aromatic heterocycles. The Morgan fingerprint density at radius 3 is 1.95 bits per heavy atom. The Kier molecular flexibility index (Phi) is 6.68. The summed E-state index contributed by atoms with van der Waals surface area (Å²) in [7, 11) is 0. The molecule has 2 saturated carbocycles. The topological polar surface area (TPSA) is 83.8 Å². The minimum atomic E-state index is -1.44. The molecule has 126 valence electrons. The van der Waals surface area contributed by atoms with Crippen LogP contribution in [0.15, 0.2) is 0 Å². The maximum Gasteiger partial charge on any atom is 0.320 e. The van der Waals surface area contributed by atoms with Crippen molar-refractivity contribution in [2.75, 3.05) is 6.61 Å². The van der Waals surface area contributed by atoms with Gasteiger partial charge in [0.2, 0.25) is 0 Å². The first-order valence-electron chi connectivity index (χ1n) is 8.63. The summed E-state index contributed by atoms with van der Waals surface area (Å²) in [6.45, 7) is -0.220.